The van der Waals surface area contributed by atoms with Gasteiger partial charge in [-0.1, -0.05) is 0 Å². The Labute approximate surface area is 93.5 Å². The zero-order valence-electron chi connectivity index (χ0n) is 7.95. The summed E-state index contributed by atoms with van der Waals surface area (Å²) in [7, 11) is 0. The predicted octanol–water partition coefficient (Wildman–Crippen LogP) is 3.41. The minimum absolute atomic E-state index is 0.0834. The molecule has 1 aromatic heterocycles. The molecule has 2 aromatic rings. The molecule has 0 saturated carbocycles. The van der Waals surface area contributed by atoms with E-state index >= 15 is 0 Å². The van der Waals surface area contributed by atoms with Crippen molar-refractivity contribution in [2.75, 3.05) is 5.73 Å². The SMILES string of the molecule is Nc1cc(-c2nccs2)cc(C(F)(F)F)c1. The summed E-state index contributed by atoms with van der Waals surface area (Å²) in [5.41, 5.74) is 5.16. The molecule has 2 nitrogen and oxygen atoms in total. The Kier molecular flexibility index (Phi) is 2.59. The molecule has 6 heteroatoms. The van der Waals surface area contributed by atoms with Crippen LogP contribution in [0.3, 0.4) is 0 Å². The van der Waals surface area contributed by atoms with E-state index in [2.05, 4.69) is 4.98 Å². The zero-order valence-corrected chi connectivity index (χ0v) is 8.77. The number of hydrogen-bond donors (Lipinski definition) is 1. The van der Waals surface area contributed by atoms with Crippen molar-refractivity contribution in [3.05, 3.63) is 35.3 Å². The molecular formula is C10H7F3N2S. The molecule has 1 heterocycles. The third-order valence-electron chi connectivity index (χ3n) is 1.96. The third-order valence-corrected chi connectivity index (χ3v) is 2.78. The molecule has 0 aliphatic carbocycles. The Morgan fingerprint density at radius 2 is 1.94 bits per heavy atom. The van der Waals surface area contributed by atoms with E-state index in [0.29, 0.717) is 10.6 Å². The third kappa shape index (κ3) is 2.16. The summed E-state index contributed by atoms with van der Waals surface area (Å²) in [6.45, 7) is 0. The summed E-state index contributed by atoms with van der Waals surface area (Å²) in [6, 6.07) is 3.44. The highest BCUT2D eigenvalue weighted by Crippen LogP contribution is 2.34. The number of hydrogen-bond acceptors (Lipinski definition) is 3. The average molecular weight is 244 g/mol. The van der Waals surface area contributed by atoms with Gasteiger partial charge in [0.15, 0.2) is 0 Å². The van der Waals surface area contributed by atoms with Gasteiger partial charge in [-0.05, 0) is 18.2 Å². The van der Waals surface area contributed by atoms with Crippen molar-refractivity contribution < 1.29 is 13.2 Å². The fraction of sp³-hybridized carbons (Fsp3) is 0.100. The molecule has 0 saturated heterocycles. The highest BCUT2D eigenvalue weighted by Gasteiger charge is 2.31. The van der Waals surface area contributed by atoms with Gasteiger partial charge in [0.25, 0.3) is 0 Å². The number of halogens is 3. The molecule has 0 aliphatic heterocycles. The summed E-state index contributed by atoms with van der Waals surface area (Å²) in [6.07, 6.45) is -2.85. The summed E-state index contributed by atoms with van der Waals surface area (Å²) in [5, 5.41) is 2.23. The molecule has 1 aromatic carbocycles. The van der Waals surface area contributed by atoms with E-state index in [1.165, 1.54) is 23.6 Å². The molecule has 0 atom stereocenters. The topological polar surface area (TPSA) is 38.9 Å². The van der Waals surface area contributed by atoms with Crippen LogP contribution in [0, 0.1) is 0 Å². The second kappa shape index (κ2) is 3.79. The maximum Gasteiger partial charge on any atom is 0.416 e. The van der Waals surface area contributed by atoms with Crippen molar-refractivity contribution in [2.45, 2.75) is 6.18 Å². The van der Waals surface area contributed by atoms with E-state index in [4.69, 9.17) is 5.73 Å². The highest BCUT2D eigenvalue weighted by atomic mass is 32.1. The molecule has 2 N–H and O–H groups in total. The van der Waals surface area contributed by atoms with Crippen LogP contribution in [-0.4, -0.2) is 4.98 Å². The largest absolute Gasteiger partial charge is 0.416 e. The lowest BCUT2D eigenvalue weighted by molar-refractivity contribution is -0.137. The van der Waals surface area contributed by atoms with Crippen molar-refractivity contribution in [1.82, 2.24) is 4.98 Å². The first kappa shape index (κ1) is 10.9. The normalized spacial score (nSPS) is 11.7. The van der Waals surface area contributed by atoms with Crippen LogP contribution >= 0.6 is 11.3 Å². The summed E-state index contributed by atoms with van der Waals surface area (Å²) in [5.74, 6) is 0. The minimum atomic E-state index is -4.39. The number of nitrogen functional groups attached to an aromatic ring is 1. The lowest BCUT2D eigenvalue weighted by atomic mass is 10.1. The lowest BCUT2D eigenvalue weighted by Crippen LogP contribution is -2.05. The molecule has 0 aliphatic rings. The summed E-state index contributed by atoms with van der Waals surface area (Å²) < 4.78 is 37.6. The number of rotatable bonds is 1. The van der Waals surface area contributed by atoms with E-state index < -0.39 is 11.7 Å². The molecule has 0 amide bonds. The Morgan fingerprint density at radius 1 is 1.19 bits per heavy atom. The quantitative estimate of drug-likeness (QED) is 0.781. The summed E-state index contributed by atoms with van der Waals surface area (Å²) in [4.78, 5) is 3.95. The Balaban J connectivity index is 2.53. The van der Waals surface area contributed by atoms with Gasteiger partial charge in [-0.3, -0.25) is 0 Å². The first-order valence-corrected chi connectivity index (χ1v) is 5.22. The Hall–Kier alpha value is -1.56. The number of nitrogens with zero attached hydrogens (tertiary/aromatic N) is 1. The molecule has 0 unspecified atom stereocenters. The first-order valence-electron chi connectivity index (χ1n) is 4.34. The van der Waals surface area contributed by atoms with E-state index in [0.717, 1.165) is 12.1 Å². The number of anilines is 1. The second-order valence-electron chi connectivity index (χ2n) is 3.18. The van der Waals surface area contributed by atoms with Gasteiger partial charge < -0.3 is 5.73 Å². The standard InChI is InChI=1S/C10H7F3N2S/c11-10(12,13)7-3-6(4-8(14)5-7)9-15-1-2-16-9/h1-5H,14H2. The molecule has 0 spiro atoms. The maximum atomic E-state index is 12.5. The molecule has 0 radical (unpaired) electrons. The van der Waals surface area contributed by atoms with Crippen LogP contribution < -0.4 is 5.73 Å². The molecule has 0 bridgehead atoms. The van der Waals surface area contributed by atoms with Crippen LogP contribution in [-0.2, 0) is 6.18 Å². The minimum Gasteiger partial charge on any atom is -0.399 e. The zero-order chi connectivity index (χ0) is 11.8. The number of benzene rings is 1. The van der Waals surface area contributed by atoms with Crippen LogP contribution in [0.25, 0.3) is 10.6 Å². The smallest absolute Gasteiger partial charge is 0.399 e. The van der Waals surface area contributed by atoms with Crippen molar-refractivity contribution in [1.29, 1.82) is 0 Å². The number of aromatic nitrogens is 1. The fourth-order valence-electron chi connectivity index (χ4n) is 1.30. The van der Waals surface area contributed by atoms with Gasteiger partial charge in [0, 0.05) is 22.8 Å². The van der Waals surface area contributed by atoms with Gasteiger partial charge in [0.1, 0.15) is 5.01 Å². The van der Waals surface area contributed by atoms with Crippen LogP contribution in [0.1, 0.15) is 5.56 Å². The molecule has 84 valence electrons. The van der Waals surface area contributed by atoms with Crippen molar-refractivity contribution >= 4 is 17.0 Å². The van der Waals surface area contributed by atoms with Crippen molar-refractivity contribution in [2.24, 2.45) is 0 Å². The van der Waals surface area contributed by atoms with Gasteiger partial charge in [-0.2, -0.15) is 13.2 Å². The monoisotopic (exact) mass is 244 g/mol. The Morgan fingerprint density at radius 3 is 2.50 bits per heavy atom. The van der Waals surface area contributed by atoms with Crippen molar-refractivity contribution in [3.8, 4) is 10.6 Å². The molecule has 2 rings (SSSR count). The number of alkyl halides is 3. The van der Waals surface area contributed by atoms with Gasteiger partial charge in [0.2, 0.25) is 0 Å². The Bertz CT molecular complexity index is 491. The van der Waals surface area contributed by atoms with Gasteiger partial charge in [0.05, 0.1) is 5.56 Å². The number of thiazole rings is 1. The molecule has 0 fully saturated rings. The van der Waals surface area contributed by atoms with E-state index in [9.17, 15) is 13.2 Å². The maximum absolute atomic E-state index is 12.5. The van der Waals surface area contributed by atoms with Crippen LogP contribution in [0.2, 0.25) is 0 Å². The average Bonchev–Trinajstić information content (AvgIpc) is 2.68. The second-order valence-corrected chi connectivity index (χ2v) is 4.07. The van der Waals surface area contributed by atoms with Gasteiger partial charge in [-0.15, -0.1) is 11.3 Å². The lowest BCUT2D eigenvalue weighted by Gasteiger charge is -2.09. The molecule has 16 heavy (non-hydrogen) atoms. The van der Waals surface area contributed by atoms with Crippen LogP contribution in [0.4, 0.5) is 18.9 Å². The van der Waals surface area contributed by atoms with Crippen LogP contribution in [0.5, 0.6) is 0 Å². The highest BCUT2D eigenvalue weighted by molar-refractivity contribution is 7.13. The van der Waals surface area contributed by atoms with Crippen LogP contribution in [0.15, 0.2) is 29.8 Å². The van der Waals surface area contributed by atoms with Gasteiger partial charge >= 0.3 is 6.18 Å². The van der Waals surface area contributed by atoms with E-state index in [1.807, 2.05) is 0 Å². The fourth-order valence-corrected chi connectivity index (χ4v) is 1.93. The van der Waals surface area contributed by atoms with Gasteiger partial charge in [-0.25, -0.2) is 4.98 Å². The van der Waals surface area contributed by atoms with E-state index in [-0.39, 0.29) is 5.69 Å². The predicted molar refractivity (Wildman–Crippen MR) is 57.0 cm³/mol. The van der Waals surface area contributed by atoms with Crippen molar-refractivity contribution in [3.63, 3.8) is 0 Å². The number of nitrogens with two attached hydrogens (primary N) is 1. The van der Waals surface area contributed by atoms with E-state index in [1.54, 1.807) is 5.38 Å². The molecular weight excluding hydrogens is 237 g/mol. The summed E-state index contributed by atoms with van der Waals surface area (Å²) >= 11 is 1.27. The first-order chi connectivity index (χ1) is 7.47.